The molecule has 1 atom stereocenters. The second-order valence-electron chi connectivity index (χ2n) is 6.22. The van der Waals surface area contributed by atoms with E-state index in [2.05, 4.69) is 40.3 Å². The van der Waals surface area contributed by atoms with Crippen LogP contribution in [-0.2, 0) is 11.3 Å². The zero-order chi connectivity index (χ0) is 17.2. The number of hydrogen-bond donors (Lipinski definition) is 0. The molecule has 4 rings (SSSR count). The summed E-state index contributed by atoms with van der Waals surface area (Å²) in [5.41, 5.74) is 4.08. The van der Waals surface area contributed by atoms with Gasteiger partial charge in [-0.25, -0.2) is 9.07 Å². The van der Waals surface area contributed by atoms with Gasteiger partial charge in [-0.05, 0) is 42.3 Å². The predicted molar refractivity (Wildman–Crippen MR) is 92.7 cm³/mol. The van der Waals surface area contributed by atoms with Crippen LogP contribution in [-0.4, -0.2) is 28.1 Å². The molecule has 1 saturated heterocycles. The Balaban J connectivity index is 1.53. The van der Waals surface area contributed by atoms with Crippen molar-refractivity contribution in [2.45, 2.75) is 19.7 Å². The Kier molecular flexibility index (Phi) is 4.19. The number of rotatable bonds is 4. The summed E-state index contributed by atoms with van der Waals surface area (Å²) in [6.07, 6.45) is 1.66. The van der Waals surface area contributed by atoms with Gasteiger partial charge in [0.2, 0.25) is 0 Å². The second kappa shape index (κ2) is 6.64. The van der Waals surface area contributed by atoms with Gasteiger partial charge in [0.1, 0.15) is 11.5 Å². The highest BCUT2D eigenvalue weighted by Gasteiger charge is 2.29. The van der Waals surface area contributed by atoms with Gasteiger partial charge in [0.25, 0.3) is 0 Å². The van der Waals surface area contributed by atoms with E-state index < -0.39 is 0 Å². The summed E-state index contributed by atoms with van der Waals surface area (Å²) in [5, 5.41) is 8.47. The van der Waals surface area contributed by atoms with Crippen LogP contribution < -0.4 is 4.90 Å². The summed E-state index contributed by atoms with van der Waals surface area (Å²) < 4.78 is 20.6. The fourth-order valence-electron chi connectivity index (χ4n) is 3.07. The van der Waals surface area contributed by atoms with Crippen molar-refractivity contribution in [1.29, 1.82) is 0 Å². The third kappa shape index (κ3) is 3.39. The smallest absolute Gasteiger partial charge is 0.177 e. The molecule has 1 fully saturated rings. The number of ether oxygens (including phenoxy) is 1. The lowest BCUT2D eigenvalue weighted by molar-refractivity contribution is 0.110. The van der Waals surface area contributed by atoms with Crippen molar-refractivity contribution in [1.82, 2.24) is 15.0 Å². The van der Waals surface area contributed by atoms with Crippen LogP contribution in [0.2, 0.25) is 0 Å². The van der Waals surface area contributed by atoms with E-state index in [1.165, 1.54) is 17.7 Å². The quantitative estimate of drug-likeness (QED) is 0.732. The van der Waals surface area contributed by atoms with Gasteiger partial charge in [-0.1, -0.05) is 29.5 Å². The van der Waals surface area contributed by atoms with E-state index in [0.29, 0.717) is 13.2 Å². The minimum Gasteiger partial charge on any atom is -0.350 e. The maximum absolute atomic E-state index is 13.0. The first kappa shape index (κ1) is 15.8. The van der Waals surface area contributed by atoms with E-state index in [0.717, 1.165) is 23.5 Å². The molecule has 0 spiro atoms. The molecule has 6 heteroatoms. The summed E-state index contributed by atoms with van der Waals surface area (Å²) in [5.74, 6) is -0.240. The monoisotopic (exact) mass is 338 g/mol. The minimum atomic E-state index is -0.240. The van der Waals surface area contributed by atoms with Gasteiger partial charge in [-0.15, -0.1) is 5.10 Å². The van der Waals surface area contributed by atoms with E-state index in [4.69, 9.17) is 4.74 Å². The third-order valence-electron chi connectivity index (χ3n) is 4.29. The number of aryl methyl sites for hydroxylation is 1. The molecule has 2 aromatic carbocycles. The molecule has 1 aromatic heterocycles. The van der Waals surface area contributed by atoms with Gasteiger partial charge in [-0.2, -0.15) is 0 Å². The van der Waals surface area contributed by atoms with Crippen molar-refractivity contribution in [2.75, 3.05) is 18.1 Å². The highest BCUT2D eigenvalue weighted by Crippen LogP contribution is 2.31. The molecule has 25 heavy (non-hydrogen) atoms. The Morgan fingerprint density at radius 3 is 2.84 bits per heavy atom. The highest BCUT2D eigenvalue weighted by molar-refractivity contribution is 5.50. The Labute approximate surface area is 145 Å². The van der Waals surface area contributed by atoms with Gasteiger partial charge in [0.15, 0.2) is 6.23 Å². The number of hydrogen-bond acceptors (Lipinski definition) is 4. The van der Waals surface area contributed by atoms with Crippen LogP contribution in [0, 0.1) is 12.7 Å². The summed E-state index contributed by atoms with van der Waals surface area (Å²) in [6.45, 7) is 4.10. The van der Waals surface area contributed by atoms with E-state index in [1.54, 1.807) is 16.8 Å². The van der Waals surface area contributed by atoms with Gasteiger partial charge in [0.05, 0.1) is 19.3 Å². The molecule has 2 heterocycles. The van der Waals surface area contributed by atoms with Crippen molar-refractivity contribution < 1.29 is 9.13 Å². The van der Waals surface area contributed by atoms with Crippen LogP contribution in [0.4, 0.5) is 10.1 Å². The standard InChI is InChI=1S/C19H19FN4O/c1-14-3-2-4-17(11-14)24-9-10-25-19(24)18-13-23(22-21-18)12-15-5-7-16(20)8-6-15/h2-8,11,13,19H,9-10,12H2,1H3/t19-/m1/s1. The van der Waals surface area contributed by atoms with Crippen LogP contribution in [0.25, 0.3) is 0 Å². The lowest BCUT2D eigenvalue weighted by atomic mass is 10.2. The summed E-state index contributed by atoms with van der Waals surface area (Å²) in [6, 6.07) is 14.8. The van der Waals surface area contributed by atoms with Crippen molar-refractivity contribution in [3.8, 4) is 0 Å². The molecule has 0 unspecified atom stereocenters. The van der Waals surface area contributed by atoms with Crippen molar-refractivity contribution in [3.05, 3.63) is 77.4 Å². The van der Waals surface area contributed by atoms with E-state index in [9.17, 15) is 4.39 Å². The molecule has 1 aliphatic rings. The van der Waals surface area contributed by atoms with Gasteiger partial charge >= 0.3 is 0 Å². The molecule has 0 amide bonds. The average molecular weight is 338 g/mol. The van der Waals surface area contributed by atoms with Crippen LogP contribution in [0.3, 0.4) is 0 Å². The Morgan fingerprint density at radius 2 is 2.04 bits per heavy atom. The topological polar surface area (TPSA) is 43.2 Å². The van der Waals surface area contributed by atoms with Crippen LogP contribution in [0.15, 0.2) is 54.7 Å². The molecule has 3 aromatic rings. The van der Waals surface area contributed by atoms with E-state index >= 15 is 0 Å². The second-order valence-corrected chi connectivity index (χ2v) is 6.22. The molecule has 1 aliphatic heterocycles. The van der Waals surface area contributed by atoms with E-state index in [1.807, 2.05) is 12.3 Å². The molecule has 0 saturated carbocycles. The molecule has 0 bridgehead atoms. The lowest BCUT2D eigenvalue weighted by Gasteiger charge is -2.23. The fourth-order valence-corrected chi connectivity index (χ4v) is 3.07. The number of benzene rings is 2. The summed E-state index contributed by atoms with van der Waals surface area (Å²) >= 11 is 0. The molecular weight excluding hydrogens is 319 g/mol. The summed E-state index contributed by atoms with van der Waals surface area (Å²) in [4.78, 5) is 2.19. The average Bonchev–Trinajstić information content (AvgIpc) is 3.26. The van der Waals surface area contributed by atoms with Crippen molar-refractivity contribution in [2.24, 2.45) is 0 Å². The lowest BCUT2D eigenvalue weighted by Crippen LogP contribution is -2.23. The molecular formula is C19H19FN4O. The number of anilines is 1. The van der Waals surface area contributed by atoms with Crippen LogP contribution in [0.1, 0.15) is 23.0 Å². The first-order chi connectivity index (χ1) is 12.2. The number of halogens is 1. The Bertz CT molecular complexity index is 862. The normalized spacial score (nSPS) is 17.2. The molecule has 128 valence electrons. The maximum atomic E-state index is 13.0. The number of aromatic nitrogens is 3. The molecule has 0 N–H and O–H groups in total. The van der Waals surface area contributed by atoms with Gasteiger partial charge < -0.3 is 9.64 Å². The minimum absolute atomic E-state index is 0.233. The Hall–Kier alpha value is -2.73. The fraction of sp³-hybridized carbons (Fsp3) is 0.263. The first-order valence-corrected chi connectivity index (χ1v) is 8.28. The first-order valence-electron chi connectivity index (χ1n) is 8.28. The zero-order valence-corrected chi connectivity index (χ0v) is 14.0. The predicted octanol–water partition coefficient (Wildman–Crippen LogP) is 3.31. The third-order valence-corrected chi connectivity index (χ3v) is 4.29. The van der Waals surface area contributed by atoms with Gasteiger partial charge in [0, 0.05) is 12.2 Å². The SMILES string of the molecule is Cc1cccc(N2CCO[C@@H]2c2cn(Cc3ccc(F)cc3)nn2)c1. The Morgan fingerprint density at radius 1 is 1.20 bits per heavy atom. The van der Waals surface area contributed by atoms with E-state index in [-0.39, 0.29) is 12.0 Å². The van der Waals surface area contributed by atoms with Crippen LogP contribution in [0.5, 0.6) is 0 Å². The molecule has 5 nitrogen and oxygen atoms in total. The van der Waals surface area contributed by atoms with Crippen molar-refractivity contribution in [3.63, 3.8) is 0 Å². The van der Waals surface area contributed by atoms with Crippen LogP contribution >= 0.6 is 0 Å². The molecule has 0 radical (unpaired) electrons. The maximum Gasteiger partial charge on any atom is 0.177 e. The number of nitrogens with zero attached hydrogens (tertiary/aromatic N) is 4. The zero-order valence-electron chi connectivity index (χ0n) is 14.0. The largest absolute Gasteiger partial charge is 0.350 e. The molecule has 0 aliphatic carbocycles. The summed E-state index contributed by atoms with van der Waals surface area (Å²) in [7, 11) is 0. The highest BCUT2D eigenvalue weighted by atomic mass is 19.1. The van der Waals surface area contributed by atoms with Crippen molar-refractivity contribution >= 4 is 5.69 Å². The van der Waals surface area contributed by atoms with Gasteiger partial charge in [-0.3, -0.25) is 0 Å².